The molecular weight excluding hydrogens is 273 g/mol. The molecule has 0 spiro atoms. The van der Waals surface area contributed by atoms with Crippen LogP contribution in [0.3, 0.4) is 0 Å². The number of piperazine rings is 1. The summed E-state index contributed by atoms with van der Waals surface area (Å²) in [7, 11) is 0. The highest BCUT2D eigenvalue weighted by Gasteiger charge is 2.33. The molecule has 1 saturated heterocycles. The number of amides is 2. The zero-order chi connectivity index (χ0) is 15.6. The van der Waals surface area contributed by atoms with Crippen molar-refractivity contribution in [3.8, 4) is 6.07 Å². The number of carbonyl (C=O) groups excluding carboxylic acids is 2. The fraction of sp³-hybridized carbons (Fsp3) is 0.400. The Morgan fingerprint density at radius 1 is 1.29 bits per heavy atom. The first-order valence-electron chi connectivity index (χ1n) is 6.72. The van der Waals surface area contributed by atoms with Crippen molar-refractivity contribution in [2.24, 2.45) is 0 Å². The third-order valence-electron chi connectivity index (χ3n) is 3.49. The van der Waals surface area contributed by atoms with E-state index in [-0.39, 0.29) is 18.2 Å². The van der Waals surface area contributed by atoms with Gasteiger partial charge in [-0.05, 0) is 31.5 Å². The molecular formula is C15H16FN3O2. The maximum absolute atomic E-state index is 13.3. The van der Waals surface area contributed by atoms with Crippen LogP contribution in [-0.4, -0.2) is 40.7 Å². The number of nitrogens with zero attached hydrogens (tertiary/aromatic N) is 3. The molecule has 1 aliphatic rings. The summed E-state index contributed by atoms with van der Waals surface area (Å²) in [5.74, 6) is -1.66. The number of hydrogen-bond donors (Lipinski definition) is 0. The molecule has 5 nitrogen and oxygen atoms in total. The van der Waals surface area contributed by atoms with E-state index in [9.17, 15) is 14.0 Å². The number of carbonyl (C=O) groups is 2. The summed E-state index contributed by atoms with van der Waals surface area (Å²) in [6.07, 6.45) is 0. The number of rotatable bonds is 3. The Bertz CT molecular complexity index is 622. The molecule has 1 fully saturated rings. The second kappa shape index (κ2) is 5.92. The molecule has 2 rings (SSSR count). The minimum atomic E-state index is -0.590. The summed E-state index contributed by atoms with van der Waals surface area (Å²) in [5.41, 5.74) is 0.569. The molecule has 0 unspecified atom stereocenters. The lowest BCUT2D eigenvalue weighted by Gasteiger charge is -2.36. The highest BCUT2D eigenvalue weighted by Crippen LogP contribution is 2.15. The molecule has 6 heteroatoms. The van der Waals surface area contributed by atoms with E-state index < -0.39 is 17.6 Å². The van der Waals surface area contributed by atoms with E-state index in [4.69, 9.17) is 5.26 Å². The van der Waals surface area contributed by atoms with E-state index in [0.29, 0.717) is 18.7 Å². The van der Waals surface area contributed by atoms with Crippen LogP contribution >= 0.6 is 0 Å². The standard InChI is InChI=1S/C15H16FN3O2/c1-10(2)19-6-5-18(14(20)15(19)21)9-11-3-4-13(16)12(7-11)8-17/h3-4,7,10H,5-6,9H2,1-2H3. The Labute approximate surface area is 122 Å². The summed E-state index contributed by atoms with van der Waals surface area (Å²) in [4.78, 5) is 27.0. The van der Waals surface area contributed by atoms with Crippen molar-refractivity contribution in [1.29, 1.82) is 5.26 Å². The predicted molar refractivity (Wildman–Crippen MR) is 73.4 cm³/mol. The quantitative estimate of drug-likeness (QED) is 0.787. The van der Waals surface area contributed by atoms with Gasteiger partial charge in [-0.2, -0.15) is 5.26 Å². The number of nitriles is 1. The van der Waals surface area contributed by atoms with Gasteiger partial charge < -0.3 is 9.80 Å². The number of hydrogen-bond acceptors (Lipinski definition) is 3. The summed E-state index contributed by atoms with van der Waals surface area (Å²) >= 11 is 0. The van der Waals surface area contributed by atoms with Gasteiger partial charge in [0.05, 0.1) is 5.56 Å². The molecule has 0 radical (unpaired) electrons. The SMILES string of the molecule is CC(C)N1CCN(Cc2ccc(F)c(C#N)c2)C(=O)C1=O. The van der Waals surface area contributed by atoms with Crippen LogP contribution in [0.5, 0.6) is 0 Å². The van der Waals surface area contributed by atoms with Crippen molar-refractivity contribution in [3.63, 3.8) is 0 Å². The molecule has 1 aromatic rings. The lowest BCUT2D eigenvalue weighted by atomic mass is 10.1. The second-order valence-electron chi connectivity index (χ2n) is 5.25. The first-order chi connectivity index (χ1) is 9.93. The Balaban J connectivity index is 2.13. The van der Waals surface area contributed by atoms with Crippen LogP contribution in [0.4, 0.5) is 4.39 Å². The molecule has 0 aromatic heterocycles. The number of halogens is 1. The van der Waals surface area contributed by atoms with Crippen LogP contribution in [-0.2, 0) is 16.1 Å². The Hall–Kier alpha value is -2.42. The van der Waals surface area contributed by atoms with Crippen LogP contribution in [0.15, 0.2) is 18.2 Å². The van der Waals surface area contributed by atoms with E-state index in [1.165, 1.54) is 28.0 Å². The van der Waals surface area contributed by atoms with Crippen LogP contribution in [0.25, 0.3) is 0 Å². The average Bonchev–Trinajstić information content (AvgIpc) is 2.45. The van der Waals surface area contributed by atoms with Crippen LogP contribution in [0, 0.1) is 17.1 Å². The van der Waals surface area contributed by atoms with E-state index in [2.05, 4.69) is 0 Å². The van der Waals surface area contributed by atoms with E-state index in [1.807, 2.05) is 13.8 Å². The Morgan fingerprint density at radius 3 is 2.62 bits per heavy atom. The largest absolute Gasteiger partial charge is 0.330 e. The minimum Gasteiger partial charge on any atom is -0.330 e. The summed E-state index contributed by atoms with van der Waals surface area (Å²) in [5, 5.41) is 8.81. The molecule has 2 amide bonds. The first-order valence-corrected chi connectivity index (χ1v) is 6.72. The number of benzene rings is 1. The highest BCUT2D eigenvalue weighted by atomic mass is 19.1. The fourth-order valence-electron chi connectivity index (χ4n) is 2.31. The summed E-state index contributed by atoms with van der Waals surface area (Å²) in [6.45, 7) is 4.84. The Morgan fingerprint density at radius 2 is 2.00 bits per heavy atom. The van der Waals surface area contributed by atoms with Crippen molar-refractivity contribution in [3.05, 3.63) is 35.1 Å². The van der Waals surface area contributed by atoms with Crippen LogP contribution < -0.4 is 0 Å². The highest BCUT2D eigenvalue weighted by molar-refractivity contribution is 6.35. The van der Waals surface area contributed by atoms with Crippen molar-refractivity contribution >= 4 is 11.8 Å². The van der Waals surface area contributed by atoms with Gasteiger partial charge >= 0.3 is 11.8 Å². The maximum Gasteiger partial charge on any atom is 0.312 e. The average molecular weight is 289 g/mol. The normalized spacial score (nSPS) is 15.6. The fourth-order valence-corrected chi connectivity index (χ4v) is 2.31. The van der Waals surface area contributed by atoms with Gasteiger partial charge in [0.1, 0.15) is 11.9 Å². The van der Waals surface area contributed by atoms with Crippen molar-refractivity contribution < 1.29 is 14.0 Å². The van der Waals surface area contributed by atoms with Crippen LogP contribution in [0.1, 0.15) is 25.0 Å². The molecule has 0 saturated carbocycles. The molecule has 1 aliphatic heterocycles. The van der Waals surface area contributed by atoms with Crippen molar-refractivity contribution in [1.82, 2.24) is 9.80 Å². The first kappa shape index (κ1) is 15.0. The topological polar surface area (TPSA) is 64.4 Å². The third kappa shape index (κ3) is 3.02. The van der Waals surface area contributed by atoms with Gasteiger partial charge in [-0.1, -0.05) is 6.07 Å². The van der Waals surface area contributed by atoms with Gasteiger partial charge in [0, 0.05) is 25.7 Å². The zero-order valence-electron chi connectivity index (χ0n) is 12.0. The zero-order valence-corrected chi connectivity index (χ0v) is 12.0. The van der Waals surface area contributed by atoms with E-state index in [0.717, 1.165) is 0 Å². The third-order valence-corrected chi connectivity index (χ3v) is 3.49. The molecule has 0 aliphatic carbocycles. The second-order valence-corrected chi connectivity index (χ2v) is 5.25. The van der Waals surface area contributed by atoms with Crippen LogP contribution in [0.2, 0.25) is 0 Å². The van der Waals surface area contributed by atoms with E-state index >= 15 is 0 Å². The smallest absolute Gasteiger partial charge is 0.312 e. The van der Waals surface area contributed by atoms with Gasteiger partial charge in [0.2, 0.25) is 0 Å². The molecule has 21 heavy (non-hydrogen) atoms. The molecule has 0 bridgehead atoms. The van der Waals surface area contributed by atoms with Crippen molar-refractivity contribution in [2.45, 2.75) is 26.4 Å². The maximum atomic E-state index is 13.3. The van der Waals surface area contributed by atoms with E-state index in [1.54, 1.807) is 6.07 Å². The monoisotopic (exact) mass is 289 g/mol. The van der Waals surface area contributed by atoms with Gasteiger partial charge in [-0.15, -0.1) is 0 Å². The summed E-state index contributed by atoms with van der Waals surface area (Å²) < 4.78 is 13.3. The van der Waals surface area contributed by atoms with Crippen molar-refractivity contribution in [2.75, 3.05) is 13.1 Å². The van der Waals surface area contributed by atoms with Gasteiger partial charge in [-0.25, -0.2) is 4.39 Å². The van der Waals surface area contributed by atoms with Gasteiger partial charge in [0.15, 0.2) is 0 Å². The molecule has 1 heterocycles. The lowest BCUT2D eigenvalue weighted by Crippen LogP contribution is -2.55. The Kier molecular flexibility index (Phi) is 4.22. The minimum absolute atomic E-state index is 0.0142. The van der Waals surface area contributed by atoms with Gasteiger partial charge in [0.25, 0.3) is 0 Å². The van der Waals surface area contributed by atoms with Gasteiger partial charge in [-0.3, -0.25) is 9.59 Å². The predicted octanol–water partition coefficient (Wildman–Crippen LogP) is 1.28. The molecule has 0 atom stereocenters. The molecule has 0 N–H and O–H groups in total. The lowest BCUT2D eigenvalue weighted by molar-refractivity contribution is -0.157. The molecule has 110 valence electrons. The summed E-state index contributed by atoms with van der Waals surface area (Å²) in [6, 6.07) is 5.87. The molecule has 1 aromatic carbocycles.